The van der Waals surface area contributed by atoms with E-state index in [-0.39, 0.29) is 6.61 Å². The van der Waals surface area contributed by atoms with Gasteiger partial charge in [-0.1, -0.05) is 17.7 Å². The molecule has 1 aliphatic carbocycles. The van der Waals surface area contributed by atoms with E-state index in [0.29, 0.717) is 12.5 Å². The molecular formula is C12H13ClN2O. The smallest absolute Gasteiger partial charge is 0.112 e. The van der Waals surface area contributed by atoms with Crippen molar-refractivity contribution in [1.29, 1.82) is 0 Å². The molecule has 1 heterocycles. The van der Waals surface area contributed by atoms with Crippen molar-refractivity contribution in [3.05, 3.63) is 29.0 Å². The van der Waals surface area contributed by atoms with Crippen molar-refractivity contribution in [2.24, 2.45) is 0 Å². The lowest BCUT2D eigenvalue weighted by molar-refractivity contribution is 0.295. The maximum atomic E-state index is 9.05. The number of para-hydroxylation sites is 1. The van der Waals surface area contributed by atoms with Crippen molar-refractivity contribution >= 4 is 22.6 Å². The molecule has 1 fully saturated rings. The third kappa shape index (κ3) is 1.51. The molecule has 1 N–H and O–H groups in total. The van der Waals surface area contributed by atoms with Crippen LogP contribution in [-0.2, 0) is 6.42 Å². The van der Waals surface area contributed by atoms with E-state index in [9.17, 15) is 0 Å². The van der Waals surface area contributed by atoms with Crippen LogP contribution in [0.1, 0.15) is 24.7 Å². The van der Waals surface area contributed by atoms with E-state index in [0.717, 1.165) is 21.9 Å². The normalized spacial score (nSPS) is 15.9. The number of aromatic nitrogens is 2. The van der Waals surface area contributed by atoms with E-state index in [1.54, 1.807) is 0 Å². The monoisotopic (exact) mass is 236 g/mol. The topological polar surface area (TPSA) is 38.1 Å². The highest BCUT2D eigenvalue weighted by Crippen LogP contribution is 2.40. The van der Waals surface area contributed by atoms with Crippen LogP contribution in [0.3, 0.4) is 0 Å². The van der Waals surface area contributed by atoms with Crippen LogP contribution in [0.15, 0.2) is 18.2 Å². The molecule has 1 aromatic heterocycles. The average molecular weight is 237 g/mol. The fourth-order valence-electron chi connectivity index (χ4n) is 2.16. The van der Waals surface area contributed by atoms with E-state index >= 15 is 0 Å². The molecule has 1 aliphatic rings. The molecule has 0 atom stereocenters. The first-order valence-corrected chi connectivity index (χ1v) is 5.95. The number of nitrogens with zero attached hydrogens (tertiary/aromatic N) is 2. The molecule has 1 saturated carbocycles. The highest BCUT2D eigenvalue weighted by molar-refractivity contribution is 6.35. The van der Waals surface area contributed by atoms with Crippen molar-refractivity contribution in [1.82, 2.24) is 9.55 Å². The molecule has 0 aliphatic heterocycles. The molecule has 1 aromatic carbocycles. The van der Waals surface area contributed by atoms with Gasteiger partial charge in [-0.2, -0.15) is 0 Å². The van der Waals surface area contributed by atoms with Crippen molar-refractivity contribution in [2.45, 2.75) is 25.3 Å². The molecule has 16 heavy (non-hydrogen) atoms. The summed E-state index contributed by atoms with van der Waals surface area (Å²) in [5.41, 5.74) is 1.96. The van der Waals surface area contributed by atoms with Crippen LogP contribution < -0.4 is 0 Å². The van der Waals surface area contributed by atoms with E-state index in [2.05, 4.69) is 9.55 Å². The Balaban J connectivity index is 2.25. The van der Waals surface area contributed by atoms with E-state index in [4.69, 9.17) is 16.7 Å². The third-order valence-corrected chi connectivity index (χ3v) is 3.29. The Bertz CT molecular complexity index is 531. The second kappa shape index (κ2) is 3.75. The summed E-state index contributed by atoms with van der Waals surface area (Å²) in [5, 5.41) is 9.81. The molecule has 0 saturated heterocycles. The first-order valence-electron chi connectivity index (χ1n) is 5.57. The number of rotatable bonds is 3. The summed E-state index contributed by atoms with van der Waals surface area (Å²) in [6.07, 6.45) is 2.98. The Kier molecular flexibility index (Phi) is 2.37. The Hall–Kier alpha value is -1.06. The zero-order valence-corrected chi connectivity index (χ0v) is 9.61. The fraction of sp³-hybridized carbons (Fsp3) is 0.417. The minimum atomic E-state index is 0.133. The maximum Gasteiger partial charge on any atom is 0.112 e. The third-order valence-electron chi connectivity index (χ3n) is 2.98. The number of hydrogen-bond acceptors (Lipinski definition) is 2. The number of aliphatic hydroxyl groups excluding tert-OH is 1. The second-order valence-electron chi connectivity index (χ2n) is 4.21. The van der Waals surface area contributed by atoms with Crippen LogP contribution in [0.5, 0.6) is 0 Å². The van der Waals surface area contributed by atoms with Gasteiger partial charge >= 0.3 is 0 Å². The first-order chi connectivity index (χ1) is 7.81. The summed E-state index contributed by atoms with van der Waals surface area (Å²) in [7, 11) is 0. The number of halogens is 1. The lowest BCUT2D eigenvalue weighted by atomic mass is 10.3. The molecule has 3 nitrogen and oxygen atoms in total. The molecule has 0 radical (unpaired) electrons. The van der Waals surface area contributed by atoms with Crippen LogP contribution in [0.4, 0.5) is 0 Å². The number of imidazole rings is 1. The van der Waals surface area contributed by atoms with Crippen LogP contribution in [0.25, 0.3) is 11.0 Å². The zero-order valence-electron chi connectivity index (χ0n) is 8.86. The van der Waals surface area contributed by atoms with E-state index < -0.39 is 0 Å². The SMILES string of the molecule is OCCc1nc2cccc(Cl)c2n1C1CC1. The highest BCUT2D eigenvalue weighted by atomic mass is 35.5. The van der Waals surface area contributed by atoms with Gasteiger partial charge in [0, 0.05) is 12.5 Å². The van der Waals surface area contributed by atoms with Gasteiger partial charge in [-0.25, -0.2) is 4.98 Å². The van der Waals surface area contributed by atoms with Gasteiger partial charge in [0.15, 0.2) is 0 Å². The molecular weight excluding hydrogens is 224 g/mol. The number of benzene rings is 1. The molecule has 4 heteroatoms. The summed E-state index contributed by atoms with van der Waals surface area (Å²) in [6.45, 7) is 0.133. The molecule has 3 rings (SSSR count). The molecule has 0 amide bonds. The predicted molar refractivity (Wildman–Crippen MR) is 63.8 cm³/mol. The molecule has 84 valence electrons. The van der Waals surface area contributed by atoms with Crippen molar-refractivity contribution in [2.75, 3.05) is 6.61 Å². The maximum absolute atomic E-state index is 9.05. The van der Waals surface area contributed by atoms with E-state index in [1.807, 2.05) is 18.2 Å². The predicted octanol–water partition coefficient (Wildman–Crippen LogP) is 2.56. The van der Waals surface area contributed by atoms with Gasteiger partial charge in [0.05, 0.1) is 22.7 Å². The summed E-state index contributed by atoms with van der Waals surface area (Å²) >= 11 is 6.22. The summed E-state index contributed by atoms with van der Waals surface area (Å²) in [5.74, 6) is 0.952. The van der Waals surface area contributed by atoms with Gasteiger partial charge in [0.2, 0.25) is 0 Å². The standard InChI is InChI=1S/C12H13ClN2O/c13-9-2-1-3-10-12(9)15(8-4-5-8)11(14-10)6-7-16/h1-3,8,16H,4-7H2. The summed E-state index contributed by atoms with van der Waals surface area (Å²) < 4.78 is 2.20. The molecule has 0 bridgehead atoms. The van der Waals surface area contributed by atoms with Gasteiger partial charge < -0.3 is 9.67 Å². The Morgan fingerprint density at radius 2 is 2.25 bits per heavy atom. The van der Waals surface area contributed by atoms with Crippen LogP contribution in [0.2, 0.25) is 5.02 Å². The van der Waals surface area contributed by atoms with Gasteiger partial charge in [-0.3, -0.25) is 0 Å². The lowest BCUT2D eigenvalue weighted by Crippen LogP contribution is -2.04. The minimum absolute atomic E-state index is 0.133. The van der Waals surface area contributed by atoms with Crippen molar-refractivity contribution < 1.29 is 5.11 Å². The van der Waals surface area contributed by atoms with Gasteiger partial charge in [0.1, 0.15) is 5.82 Å². The van der Waals surface area contributed by atoms with Crippen molar-refractivity contribution in [3.63, 3.8) is 0 Å². The Morgan fingerprint density at radius 3 is 2.94 bits per heavy atom. The first kappa shape index (κ1) is 10.1. The van der Waals surface area contributed by atoms with Crippen LogP contribution >= 0.6 is 11.6 Å². The second-order valence-corrected chi connectivity index (χ2v) is 4.62. The zero-order chi connectivity index (χ0) is 11.1. The fourth-order valence-corrected chi connectivity index (χ4v) is 2.42. The Morgan fingerprint density at radius 1 is 1.44 bits per heavy atom. The summed E-state index contributed by atoms with van der Waals surface area (Å²) in [6, 6.07) is 6.32. The highest BCUT2D eigenvalue weighted by Gasteiger charge is 2.28. The lowest BCUT2D eigenvalue weighted by Gasteiger charge is -2.07. The van der Waals surface area contributed by atoms with Gasteiger partial charge in [-0.05, 0) is 25.0 Å². The van der Waals surface area contributed by atoms with E-state index in [1.165, 1.54) is 12.8 Å². The van der Waals surface area contributed by atoms with Gasteiger partial charge in [-0.15, -0.1) is 0 Å². The largest absolute Gasteiger partial charge is 0.396 e. The Labute approximate surface area is 98.7 Å². The number of hydrogen-bond donors (Lipinski definition) is 1. The quantitative estimate of drug-likeness (QED) is 0.890. The molecule has 0 unspecified atom stereocenters. The number of fused-ring (bicyclic) bond motifs is 1. The van der Waals surface area contributed by atoms with Crippen LogP contribution in [-0.4, -0.2) is 21.3 Å². The van der Waals surface area contributed by atoms with Crippen LogP contribution in [0, 0.1) is 0 Å². The summed E-state index contributed by atoms with van der Waals surface area (Å²) in [4.78, 5) is 4.54. The average Bonchev–Trinajstić information content (AvgIpc) is 3.02. The van der Waals surface area contributed by atoms with Crippen molar-refractivity contribution in [3.8, 4) is 0 Å². The molecule has 2 aromatic rings. The molecule has 0 spiro atoms. The number of aliphatic hydroxyl groups is 1. The van der Waals surface area contributed by atoms with Gasteiger partial charge in [0.25, 0.3) is 0 Å². The minimum Gasteiger partial charge on any atom is -0.396 e.